The molecule has 0 aromatic heterocycles. The molecule has 30 heavy (non-hydrogen) atoms. The Morgan fingerprint density at radius 1 is 0.967 bits per heavy atom. The molecule has 0 aliphatic carbocycles. The Morgan fingerprint density at radius 2 is 1.70 bits per heavy atom. The SMILES string of the molecule is O=C1NC(=Nc2ccccc2Cl)S/C1=C/c1ccc(OCc2ccc(Cl)cc2)cc1. The highest BCUT2D eigenvalue weighted by Gasteiger charge is 2.24. The molecule has 0 bridgehead atoms. The predicted molar refractivity (Wildman–Crippen MR) is 124 cm³/mol. The summed E-state index contributed by atoms with van der Waals surface area (Å²) in [4.78, 5) is 17.3. The zero-order valence-corrected chi connectivity index (χ0v) is 18.0. The van der Waals surface area contributed by atoms with Gasteiger partial charge in [-0.2, -0.15) is 0 Å². The number of carbonyl (C=O) groups excluding carboxylic acids is 1. The molecule has 7 heteroatoms. The van der Waals surface area contributed by atoms with Crippen LogP contribution in [0, 0.1) is 0 Å². The molecule has 0 spiro atoms. The highest BCUT2D eigenvalue weighted by molar-refractivity contribution is 8.18. The fourth-order valence-corrected chi connectivity index (χ4v) is 3.83. The van der Waals surface area contributed by atoms with Gasteiger partial charge in [-0.15, -0.1) is 0 Å². The topological polar surface area (TPSA) is 50.7 Å². The van der Waals surface area contributed by atoms with Gasteiger partial charge in [0.25, 0.3) is 5.91 Å². The first-order chi connectivity index (χ1) is 14.6. The van der Waals surface area contributed by atoms with E-state index in [2.05, 4.69) is 10.3 Å². The van der Waals surface area contributed by atoms with Crippen molar-refractivity contribution in [3.8, 4) is 5.75 Å². The van der Waals surface area contributed by atoms with E-state index in [0.29, 0.717) is 32.4 Å². The number of halogens is 2. The summed E-state index contributed by atoms with van der Waals surface area (Å²) in [6, 6.07) is 22.3. The summed E-state index contributed by atoms with van der Waals surface area (Å²) in [6.07, 6.45) is 1.82. The molecule has 1 aliphatic rings. The molecule has 1 aliphatic heterocycles. The van der Waals surface area contributed by atoms with E-state index in [0.717, 1.165) is 16.9 Å². The molecule has 150 valence electrons. The number of aliphatic imine (C=N–C) groups is 1. The number of hydrogen-bond acceptors (Lipinski definition) is 4. The second-order valence-corrected chi connectivity index (χ2v) is 8.29. The molecule has 4 rings (SSSR count). The highest BCUT2D eigenvalue weighted by Crippen LogP contribution is 2.31. The summed E-state index contributed by atoms with van der Waals surface area (Å²) < 4.78 is 5.79. The lowest BCUT2D eigenvalue weighted by molar-refractivity contribution is -0.115. The maximum atomic E-state index is 12.3. The van der Waals surface area contributed by atoms with Crippen molar-refractivity contribution in [2.24, 2.45) is 4.99 Å². The van der Waals surface area contributed by atoms with E-state index in [1.54, 1.807) is 12.1 Å². The predicted octanol–water partition coefficient (Wildman–Crippen LogP) is 6.46. The minimum absolute atomic E-state index is 0.186. The van der Waals surface area contributed by atoms with E-state index < -0.39 is 0 Å². The van der Waals surface area contributed by atoms with Crippen LogP contribution in [0.15, 0.2) is 82.7 Å². The standard InChI is InChI=1S/C23H16Cl2N2O2S/c24-17-9-5-16(6-10-17)14-29-18-11-7-15(8-12-18)13-21-22(28)27-23(30-21)26-20-4-2-1-3-19(20)25/h1-13H,14H2,(H,26,27,28)/b21-13+. The number of amidine groups is 1. The Hall–Kier alpha value is -2.73. The number of benzene rings is 3. The molecule has 3 aromatic rings. The normalized spacial score (nSPS) is 16.1. The minimum Gasteiger partial charge on any atom is -0.489 e. The molecule has 1 amide bonds. The lowest BCUT2D eigenvalue weighted by atomic mass is 10.2. The quantitative estimate of drug-likeness (QED) is 0.449. The number of thioether (sulfide) groups is 1. The second-order valence-electron chi connectivity index (χ2n) is 6.42. The van der Waals surface area contributed by atoms with Gasteiger partial charge in [0.2, 0.25) is 0 Å². The third kappa shape index (κ3) is 5.25. The fraction of sp³-hybridized carbons (Fsp3) is 0.0435. The largest absolute Gasteiger partial charge is 0.489 e. The van der Waals surface area contributed by atoms with Gasteiger partial charge in [0.1, 0.15) is 12.4 Å². The Morgan fingerprint density at radius 3 is 2.43 bits per heavy atom. The van der Waals surface area contributed by atoms with Gasteiger partial charge >= 0.3 is 0 Å². The van der Waals surface area contributed by atoms with Crippen LogP contribution in [0.3, 0.4) is 0 Å². The first-order valence-electron chi connectivity index (χ1n) is 9.08. The van der Waals surface area contributed by atoms with Crippen LogP contribution in [0.5, 0.6) is 5.75 Å². The molecule has 0 atom stereocenters. The molecular formula is C23H16Cl2N2O2S. The van der Waals surface area contributed by atoms with Gasteiger partial charge in [0.05, 0.1) is 15.6 Å². The van der Waals surface area contributed by atoms with E-state index in [-0.39, 0.29) is 5.91 Å². The Kier molecular flexibility index (Phi) is 6.43. The number of rotatable bonds is 5. The van der Waals surface area contributed by atoms with Gasteiger partial charge in [-0.1, -0.05) is 59.6 Å². The van der Waals surface area contributed by atoms with Crippen molar-refractivity contribution >= 4 is 57.8 Å². The van der Waals surface area contributed by atoms with Gasteiger partial charge in [0, 0.05) is 5.02 Å². The van der Waals surface area contributed by atoms with E-state index in [1.165, 1.54) is 11.8 Å². The van der Waals surface area contributed by atoms with Gasteiger partial charge in [-0.3, -0.25) is 4.79 Å². The maximum Gasteiger partial charge on any atom is 0.264 e. The van der Waals surface area contributed by atoms with Crippen LogP contribution < -0.4 is 10.1 Å². The van der Waals surface area contributed by atoms with E-state index >= 15 is 0 Å². The fourth-order valence-electron chi connectivity index (χ4n) is 2.69. The number of carbonyl (C=O) groups is 1. The van der Waals surface area contributed by atoms with Crippen LogP contribution in [0.2, 0.25) is 10.0 Å². The van der Waals surface area contributed by atoms with Gasteiger partial charge < -0.3 is 10.1 Å². The molecule has 1 heterocycles. The van der Waals surface area contributed by atoms with E-state index in [9.17, 15) is 4.79 Å². The Labute approximate surface area is 188 Å². The highest BCUT2D eigenvalue weighted by atomic mass is 35.5. The lowest BCUT2D eigenvalue weighted by Crippen LogP contribution is -2.19. The van der Waals surface area contributed by atoms with Crippen molar-refractivity contribution in [2.75, 3.05) is 0 Å². The number of ether oxygens (including phenoxy) is 1. The summed E-state index contributed by atoms with van der Waals surface area (Å²) in [5.41, 5.74) is 2.55. The average Bonchev–Trinajstić information content (AvgIpc) is 3.09. The minimum atomic E-state index is -0.186. The summed E-state index contributed by atoms with van der Waals surface area (Å²) in [7, 11) is 0. The van der Waals surface area contributed by atoms with Crippen molar-refractivity contribution < 1.29 is 9.53 Å². The summed E-state index contributed by atoms with van der Waals surface area (Å²) in [5, 5.41) is 4.50. The van der Waals surface area contributed by atoms with Crippen LogP contribution in [0.1, 0.15) is 11.1 Å². The van der Waals surface area contributed by atoms with Crippen molar-refractivity contribution in [3.05, 3.63) is 98.9 Å². The third-order valence-corrected chi connectivity index (χ3v) is 5.70. The third-order valence-electron chi connectivity index (χ3n) is 4.22. The smallest absolute Gasteiger partial charge is 0.264 e. The number of nitrogens with zero attached hydrogens (tertiary/aromatic N) is 1. The number of para-hydroxylation sites is 1. The molecular weight excluding hydrogens is 439 g/mol. The van der Waals surface area contributed by atoms with Crippen molar-refractivity contribution in [1.29, 1.82) is 0 Å². The average molecular weight is 455 g/mol. The van der Waals surface area contributed by atoms with Crippen molar-refractivity contribution in [1.82, 2.24) is 5.32 Å². The molecule has 0 saturated carbocycles. The van der Waals surface area contributed by atoms with Crippen LogP contribution in [-0.4, -0.2) is 11.1 Å². The molecule has 1 N–H and O–H groups in total. The van der Waals surface area contributed by atoms with Crippen LogP contribution in [0.25, 0.3) is 6.08 Å². The number of nitrogens with one attached hydrogen (secondary N) is 1. The Bertz CT molecular complexity index is 1130. The Balaban J connectivity index is 1.41. The molecule has 4 nitrogen and oxygen atoms in total. The molecule has 1 fully saturated rings. The lowest BCUT2D eigenvalue weighted by Gasteiger charge is -2.06. The molecule has 0 radical (unpaired) electrons. The van der Waals surface area contributed by atoms with Crippen molar-refractivity contribution in [3.63, 3.8) is 0 Å². The van der Waals surface area contributed by atoms with Crippen molar-refractivity contribution in [2.45, 2.75) is 6.61 Å². The summed E-state index contributed by atoms with van der Waals surface area (Å²) >= 11 is 13.3. The number of amides is 1. The van der Waals surface area contributed by atoms with E-state index in [1.807, 2.05) is 66.7 Å². The second kappa shape index (κ2) is 9.39. The van der Waals surface area contributed by atoms with Crippen LogP contribution >= 0.6 is 35.0 Å². The zero-order valence-electron chi connectivity index (χ0n) is 15.6. The molecule has 0 unspecified atom stereocenters. The summed E-state index contributed by atoms with van der Waals surface area (Å²) in [5.74, 6) is 0.561. The number of hydrogen-bond donors (Lipinski definition) is 1. The first-order valence-corrected chi connectivity index (χ1v) is 10.7. The van der Waals surface area contributed by atoms with Gasteiger partial charge in [-0.05, 0) is 65.4 Å². The molecule has 3 aromatic carbocycles. The van der Waals surface area contributed by atoms with Crippen LogP contribution in [0.4, 0.5) is 5.69 Å². The maximum absolute atomic E-state index is 12.3. The molecule has 1 saturated heterocycles. The zero-order chi connectivity index (χ0) is 20.9. The summed E-state index contributed by atoms with van der Waals surface area (Å²) in [6.45, 7) is 0.456. The van der Waals surface area contributed by atoms with Gasteiger partial charge in [-0.25, -0.2) is 4.99 Å². The monoisotopic (exact) mass is 454 g/mol. The first kappa shape index (κ1) is 20.5. The van der Waals surface area contributed by atoms with E-state index in [4.69, 9.17) is 27.9 Å². The van der Waals surface area contributed by atoms with Crippen LogP contribution in [-0.2, 0) is 11.4 Å². The van der Waals surface area contributed by atoms with Gasteiger partial charge in [0.15, 0.2) is 5.17 Å².